The number of ether oxygens (including phenoxy) is 1. The Balaban J connectivity index is 1.48. The first-order valence-corrected chi connectivity index (χ1v) is 9.68. The fraction of sp³-hybridized carbons (Fsp3) is 0.333. The molecule has 27 heavy (non-hydrogen) atoms. The molecule has 0 spiro atoms. The summed E-state index contributed by atoms with van der Waals surface area (Å²) in [5.41, 5.74) is 7.57. The van der Waals surface area contributed by atoms with Crippen LogP contribution < -0.4 is 16.0 Å². The zero-order valence-corrected chi connectivity index (χ0v) is 16.2. The SMILES string of the molecule is NC(=NCC(O)CNc1ccc(N2CCOCC2=O)cc1)c1ccc(Cl)s1. The Hall–Kier alpha value is -2.13. The molecule has 1 amide bonds. The summed E-state index contributed by atoms with van der Waals surface area (Å²) in [5, 5.41) is 13.2. The summed E-state index contributed by atoms with van der Waals surface area (Å²) >= 11 is 7.22. The molecule has 0 radical (unpaired) electrons. The molecule has 2 heterocycles. The third-order valence-electron chi connectivity index (χ3n) is 4.00. The summed E-state index contributed by atoms with van der Waals surface area (Å²) in [6, 6.07) is 11.0. The predicted molar refractivity (Wildman–Crippen MR) is 109 cm³/mol. The van der Waals surface area contributed by atoms with E-state index in [1.165, 1.54) is 11.3 Å². The Labute approximate surface area is 166 Å². The van der Waals surface area contributed by atoms with Crippen LogP contribution in [0.4, 0.5) is 11.4 Å². The fourth-order valence-corrected chi connectivity index (χ4v) is 3.55. The van der Waals surface area contributed by atoms with E-state index in [0.717, 1.165) is 16.3 Å². The van der Waals surface area contributed by atoms with Gasteiger partial charge in [-0.1, -0.05) is 11.6 Å². The van der Waals surface area contributed by atoms with Crippen LogP contribution in [0.15, 0.2) is 41.4 Å². The van der Waals surface area contributed by atoms with Crippen LogP contribution in [-0.4, -0.2) is 55.8 Å². The van der Waals surface area contributed by atoms with Crippen LogP contribution >= 0.6 is 22.9 Å². The van der Waals surface area contributed by atoms with Crippen LogP contribution in [0.2, 0.25) is 4.34 Å². The quantitative estimate of drug-likeness (QED) is 0.480. The van der Waals surface area contributed by atoms with E-state index in [1.807, 2.05) is 24.3 Å². The van der Waals surface area contributed by atoms with Gasteiger partial charge in [0.05, 0.1) is 28.5 Å². The Morgan fingerprint density at radius 2 is 2.15 bits per heavy atom. The number of nitrogens with two attached hydrogens (primary N) is 1. The van der Waals surface area contributed by atoms with Gasteiger partial charge in [0.25, 0.3) is 5.91 Å². The largest absolute Gasteiger partial charge is 0.389 e. The van der Waals surface area contributed by atoms with Gasteiger partial charge in [-0.3, -0.25) is 9.79 Å². The summed E-state index contributed by atoms with van der Waals surface area (Å²) in [4.78, 5) is 18.5. The minimum Gasteiger partial charge on any atom is -0.389 e. The lowest BCUT2D eigenvalue weighted by atomic mass is 10.2. The number of hydrogen-bond donors (Lipinski definition) is 3. The Kier molecular flexibility index (Phi) is 6.68. The van der Waals surface area contributed by atoms with Crippen molar-refractivity contribution in [2.24, 2.45) is 10.7 Å². The number of benzene rings is 1. The average Bonchev–Trinajstić information content (AvgIpc) is 3.12. The summed E-state index contributed by atoms with van der Waals surface area (Å²) in [6.45, 7) is 1.73. The highest BCUT2D eigenvalue weighted by atomic mass is 35.5. The van der Waals surface area contributed by atoms with Gasteiger partial charge in [0.1, 0.15) is 12.4 Å². The van der Waals surface area contributed by atoms with E-state index in [1.54, 1.807) is 17.0 Å². The topological polar surface area (TPSA) is 100 Å². The second kappa shape index (κ2) is 9.18. The first-order valence-electron chi connectivity index (χ1n) is 8.48. The molecule has 1 aliphatic heterocycles. The van der Waals surface area contributed by atoms with Gasteiger partial charge in [-0.15, -0.1) is 11.3 Å². The van der Waals surface area contributed by atoms with Crippen molar-refractivity contribution in [1.29, 1.82) is 0 Å². The van der Waals surface area contributed by atoms with E-state index >= 15 is 0 Å². The summed E-state index contributed by atoms with van der Waals surface area (Å²) in [5.74, 6) is 0.324. The van der Waals surface area contributed by atoms with Crippen LogP contribution in [0.25, 0.3) is 0 Å². The van der Waals surface area contributed by atoms with Crippen molar-refractivity contribution >= 4 is 46.1 Å². The number of nitrogens with one attached hydrogen (secondary N) is 1. The number of morpholine rings is 1. The summed E-state index contributed by atoms with van der Waals surface area (Å²) < 4.78 is 5.78. The van der Waals surface area contributed by atoms with Crippen molar-refractivity contribution in [3.63, 3.8) is 0 Å². The molecule has 1 saturated heterocycles. The maximum atomic E-state index is 11.8. The zero-order chi connectivity index (χ0) is 19.2. The highest BCUT2D eigenvalue weighted by Crippen LogP contribution is 2.21. The molecular formula is C18H21ClN4O3S. The zero-order valence-electron chi connectivity index (χ0n) is 14.6. The molecular weight excluding hydrogens is 388 g/mol. The number of aliphatic hydroxyl groups excluding tert-OH is 1. The number of aliphatic hydroxyl groups is 1. The van der Waals surface area contributed by atoms with Gasteiger partial charge in [-0.25, -0.2) is 0 Å². The van der Waals surface area contributed by atoms with Gasteiger partial charge in [0.2, 0.25) is 0 Å². The lowest BCUT2D eigenvalue weighted by Gasteiger charge is -2.27. The van der Waals surface area contributed by atoms with E-state index < -0.39 is 6.10 Å². The highest BCUT2D eigenvalue weighted by molar-refractivity contribution is 7.18. The second-order valence-electron chi connectivity index (χ2n) is 6.01. The number of aliphatic imine (C=N–C) groups is 1. The maximum absolute atomic E-state index is 11.8. The number of carbonyl (C=O) groups is 1. The van der Waals surface area contributed by atoms with Crippen molar-refractivity contribution in [3.05, 3.63) is 45.6 Å². The van der Waals surface area contributed by atoms with Crippen LogP contribution in [0.3, 0.4) is 0 Å². The second-order valence-corrected chi connectivity index (χ2v) is 7.72. The lowest BCUT2D eigenvalue weighted by Crippen LogP contribution is -2.41. The predicted octanol–water partition coefficient (Wildman–Crippen LogP) is 1.94. The number of rotatable bonds is 7. The average molecular weight is 409 g/mol. The minimum absolute atomic E-state index is 0.0418. The monoisotopic (exact) mass is 408 g/mol. The molecule has 0 saturated carbocycles. The fourth-order valence-electron chi connectivity index (χ4n) is 2.58. The first-order chi connectivity index (χ1) is 13.0. The number of amides is 1. The van der Waals surface area contributed by atoms with E-state index in [9.17, 15) is 9.90 Å². The van der Waals surface area contributed by atoms with Crippen molar-refractivity contribution in [1.82, 2.24) is 0 Å². The third-order valence-corrected chi connectivity index (χ3v) is 5.26. The first kappa shape index (κ1) is 19.6. The molecule has 3 rings (SSSR count). The van der Waals surface area contributed by atoms with Crippen molar-refractivity contribution in [2.75, 3.05) is 43.1 Å². The Morgan fingerprint density at radius 1 is 1.37 bits per heavy atom. The van der Waals surface area contributed by atoms with Crippen molar-refractivity contribution in [2.45, 2.75) is 6.10 Å². The van der Waals surface area contributed by atoms with Crippen molar-refractivity contribution < 1.29 is 14.6 Å². The molecule has 4 N–H and O–H groups in total. The van der Waals surface area contributed by atoms with Gasteiger partial charge < -0.3 is 25.8 Å². The number of amidine groups is 1. The number of nitrogens with zero attached hydrogens (tertiary/aromatic N) is 2. The molecule has 0 aliphatic carbocycles. The molecule has 0 bridgehead atoms. The van der Waals surface area contributed by atoms with Crippen LogP contribution in [0, 0.1) is 0 Å². The molecule has 144 valence electrons. The molecule has 1 fully saturated rings. The molecule has 9 heteroatoms. The normalized spacial score (nSPS) is 16.4. The molecule has 2 aromatic rings. The Morgan fingerprint density at radius 3 is 2.81 bits per heavy atom. The van der Waals surface area contributed by atoms with Gasteiger partial charge in [-0.05, 0) is 36.4 Å². The van der Waals surface area contributed by atoms with Crippen LogP contribution in [0.1, 0.15) is 4.88 Å². The van der Waals surface area contributed by atoms with E-state index in [2.05, 4.69) is 10.3 Å². The van der Waals surface area contributed by atoms with Gasteiger partial charge >= 0.3 is 0 Å². The molecule has 1 aromatic heterocycles. The molecule has 1 aliphatic rings. The van der Waals surface area contributed by atoms with Crippen molar-refractivity contribution in [3.8, 4) is 0 Å². The lowest BCUT2D eigenvalue weighted by molar-refractivity contribution is -0.125. The van der Waals surface area contributed by atoms with Gasteiger partial charge in [-0.2, -0.15) is 0 Å². The highest BCUT2D eigenvalue weighted by Gasteiger charge is 2.19. The molecule has 1 unspecified atom stereocenters. The number of thiophene rings is 1. The number of anilines is 2. The van der Waals surface area contributed by atoms with Crippen LogP contribution in [-0.2, 0) is 9.53 Å². The number of halogens is 1. The third kappa shape index (κ3) is 5.43. The Bertz CT molecular complexity index is 809. The smallest absolute Gasteiger partial charge is 0.253 e. The number of hydrogen-bond acceptors (Lipinski definition) is 6. The maximum Gasteiger partial charge on any atom is 0.253 e. The minimum atomic E-state index is -0.681. The van der Waals surface area contributed by atoms with E-state index in [-0.39, 0.29) is 19.1 Å². The molecule has 1 atom stereocenters. The summed E-state index contributed by atoms with van der Waals surface area (Å²) in [7, 11) is 0. The molecule has 1 aromatic carbocycles. The number of carbonyl (C=O) groups excluding carboxylic acids is 1. The standard InChI is InChI=1S/C18H21ClN4O3S/c19-16-6-5-15(27-16)18(20)22-10-14(24)9-21-12-1-3-13(4-2-12)23-7-8-26-11-17(23)25/h1-6,14,21,24H,7-11H2,(H2,20,22). The molecule has 7 nitrogen and oxygen atoms in total. The van der Waals surface area contributed by atoms with E-state index in [4.69, 9.17) is 22.1 Å². The summed E-state index contributed by atoms with van der Waals surface area (Å²) in [6.07, 6.45) is -0.681. The van der Waals surface area contributed by atoms with Gasteiger partial charge in [0, 0.05) is 24.5 Å². The van der Waals surface area contributed by atoms with Crippen LogP contribution in [0.5, 0.6) is 0 Å². The van der Waals surface area contributed by atoms with E-state index in [0.29, 0.717) is 29.9 Å². The van der Waals surface area contributed by atoms with Gasteiger partial charge in [0.15, 0.2) is 0 Å².